The van der Waals surface area contributed by atoms with Crippen molar-refractivity contribution in [1.82, 2.24) is 0 Å². The maximum absolute atomic E-state index is 11.1. The van der Waals surface area contributed by atoms with Gasteiger partial charge in [0.05, 0.1) is 0 Å². The fraction of sp³-hybridized carbons (Fsp3) is 0.333. The number of aliphatic hydroxyl groups excluding tert-OH is 1. The molecule has 3 N–H and O–H groups in total. The van der Waals surface area contributed by atoms with Crippen molar-refractivity contribution in [2.75, 3.05) is 5.32 Å². The van der Waals surface area contributed by atoms with Crippen LogP contribution in [0.15, 0.2) is 18.2 Å². The van der Waals surface area contributed by atoms with E-state index in [-0.39, 0.29) is 12.3 Å². The Morgan fingerprint density at radius 1 is 1.41 bits per heavy atom. The zero-order chi connectivity index (χ0) is 12.4. The molecule has 1 atom stereocenters. The normalized spacial score (nSPS) is 15.9. The first-order valence-electron chi connectivity index (χ1n) is 5.39. The lowest BCUT2D eigenvalue weighted by Gasteiger charge is -2.17. The molecule has 0 aliphatic carbocycles. The minimum absolute atomic E-state index is 0.00387. The van der Waals surface area contributed by atoms with E-state index in [4.69, 9.17) is 5.11 Å². The number of aryl methyl sites for hydroxylation is 1. The summed E-state index contributed by atoms with van der Waals surface area (Å²) in [6, 6.07) is 5.30. The van der Waals surface area contributed by atoms with Gasteiger partial charge in [0.1, 0.15) is 0 Å². The third kappa shape index (κ3) is 2.62. The zero-order valence-corrected chi connectivity index (χ0v) is 9.14. The second kappa shape index (κ2) is 4.55. The molecule has 0 radical (unpaired) electrons. The van der Waals surface area contributed by atoms with E-state index in [9.17, 15) is 14.7 Å². The second-order valence-corrected chi connectivity index (χ2v) is 4.10. The van der Waals surface area contributed by atoms with Crippen LogP contribution in [0.3, 0.4) is 0 Å². The average Bonchev–Trinajstić information content (AvgIpc) is 2.29. The molecule has 1 aliphatic heterocycles. The smallest absolute Gasteiger partial charge is 0.332 e. The molecule has 1 aromatic rings. The molecule has 0 saturated heterocycles. The van der Waals surface area contributed by atoms with Crippen LogP contribution in [0.25, 0.3) is 0 Å². The van der Waals surface area contributed by atoms with Crippen LogP contribution in [0.1, 0.15) is 17.5 Å². The number of aliphatic carboxylic acids is 1. The highest BCUT2D eigenvalue weighted by atomic mass is 16.4. The van der Waals surface area contributed by atoms with Gasteiger partial charge in [-0.15, -0.1) is 0 Å². The van der Waals surface area contributed by atoms with Crippen molar-refractivity contribution in [3.63, 3.8) is 0 Å². The summed E-state index contributed by atoms with van der Waals surface area (Å²) in [4.78, 5) is 21.7. The van der Waals surface area contributed by atoms with E-state index in [0.29, 0.717) is 12.8 Å². The van der Waals surface area contributed by atoms with Gasteiger partial charge in [-0.3, -0.25) is 4.79 Å². The number of nitrogens with one attached hydrogen (secondary N) is 1. The maximum atomic E-state index is 11.1. The van der Waals surface area contributed by atoms with Crippen LogP contribution < -0.4 is 5.32 Å². The van der Waals surface area contributed by atoms with Crippen LogP contribution in [0, 0.1) is 0 Å². The first-order chi connectivity index (χ1) is 8.06. The van der Waals surface area contributed by atoms with Crippen molar-refractivity contribution >= 4 is 17.6 Å². The zero-order valence-electron chi connectivity index (χ0n) is 9.14. The molecule has 1 unspecified atom stereocenters. The Morgan fingerprint density at radius 3 is 2.88 bits per heavy atom. The number of fused-ring (bicyclic) bond motifs is 1. The van der Waals surface area contributed by atoms with E-state index in [1.54, 1.807) is 12.1 Å². The number of carbonyl (C=O) groups excluding carboxylic acids is 1. The quantitative estimate of drug-likeness (QED) is 0.714. The van der Waals surface area contributed by atoms with Crippen LogP contribution in [-0.4, -0.2) is 28.2 Å². The van der Waals surface area contributed by atoms with E-state index < -0.39 is 12.1 Å². The van der Waals surface area contributed by atoms with Crippen molar-refractivity contribution in [2.24, 2.45) is 0 Å². The molecule has 5 nitrogen and oxygen atoms in total. The van der Waals surface area contributed by atoms with Crippen molar-refractivity contribution < 1.29 is 19.8 Å². The number of aliphatic hydroxyl groups is 1. The molecule has 0 spiro atoms. The Bertz CT molecular complexity index is 470. The van der Waals surface area contributed by atoms with Gasteiger partial charge in [0, 0.05) is 18.5 Å². The Hall–Kier alpha value is -1.88. The van der Waals surface area contributed by atoms with Gasteiger partial charge in [-0.25, -0.2) is 4.79 Å². The molecule has 0 aromatic heterocycles. The monoisotopic (exact) mass is 235 g/mol. The van der Waals surface area contributed by atoms with Gasteiger partial charge in [-0.1, -0.05) is 12.1 Å². The standard InChI is InChI=1S/C12H13NO4/c14-10(12(16)17)6-7-1-3-9-8(5-7)2-4-11(15)13-9/h1,3,5,10,14H,2,4,6H2,(H,13,15)(H,16,17). The summed E-state index contributed by atoms with van der Waals surface area (Å²) in [6.07, 6.45) is -0.210. The van der Waals surface area contributed by atoms with Gasteiger partial charge in [0.25, 0.3) is 0 Å². The number of carbonyl (C=O) groups is 2. The van der Waals surface area contributed by atoms with E-state index in [1.165, 1.54) is 0 Å². The number of carboxylic acids is 1. The third-order valence-electron chi connectivity index (χ3n) is 2.78. The van der Waals surface area contributed by atoms with Crippen LogP contribution in [0.2, 0.25) is 0 Å². The number of carboxylic acid groups (broad SMARTS) is 1. The number of benzene rings is 1. The lowest BCUT2D eigenvalue weighted by Crippen LogP contribution is -2.23. The molecule has 1 aliphatic rings. The highest BCUT2D eigenvalue weighted by molar-refractivity contribution is 5.93. The summed E-state index contributed by atoms with van der Waals surface area (Å²) >= 11 is 0. The molecule has 0 saturated carbocycles. The van der Waals surface area contributed by atoms with Crippen molar-refractivity contribution in [1.29, 1.82) is 0 Å². The first kappa shape index (κ1) is 11.6. The van der Waals surface area contributed by atoms with Gasteiger partial charge in [-0.05, 0) is 23.6 Å². The summed E-state index contributed by atoms with van der Waals surface area (Å²) in [5, 5.41) is 20.6. The Kier molecular flexibility index (Phi) is 3.10. The average molecular weight is 235 g/mol. The molecule has 1 aromatic carbocycles. The molecular weight excluding hydrogens is 222 g/mol. The van der Waals surface area contributed by atoms with Crippen LogP contribution in [0.4, 0.5) is 5.69 Å². The number of amides is 1. The fourth-order valence-corrected chi connectivity index (χ4v) is 1.87. The van der Waals surface area contributed by atoms with Crippen molar-refractivity contribution in [3.05, 3.63) is 29.3 Å². The molecule has 2 rings (SSSR count). The van der Waals surface area contributed by atoms with Gasteiger partial charge in [0.15, 0.2) is 6.10 Å². The molecule has 0 fully saturated rings. The summed E-state index contributed by atoms with van der Waals surface area (Å²) in [6.45, 7) is 0. The van der Waals surface area contributed by atoms with Crippen molar-refractivity contribution in [3.8, 4) is 0 Å². The highest BCUT2D eigenvalue weighted by Crippen LogP contribution is 2.24. The minimum Gasteiger partial charge on any atom is -0.479 e. The fourth-order valence-electron chi connectivity index (χ4n) is 1.87. The van der Waals surface area contributed by atoms with E-state index >= 15 is 0 Å². The number of rotatable bonds is 3. The Morgan fingerprint density at radius 2 is 2.18 bits per heavy atom. The highest BCUT2D eigenvalue weighted by Gasteiger charge is 2.17. The molecule has 17 heavy (non-hydrogen) atoms. The summed E-state index contributed by atoms with van der Waals surface area (Å²) in [5.41, 5.74) is 2.52. The largest absolute Gasteiger partial charge is 0.479 e. The van der Waals surface area contributed by atoms with Gasteiger partial charge in [-0.2, -0.15) is 0 Å². The summed E-state index contributed by atoms with van der Waals surface area (Å²) in [5.74, 6) is -1.23. The van der Waals surface area contributed by atoms with Gasteiger partial charge < -0.3 is 15.5 Å². The minimum atomic E-state index is -1.38. The molecule has 90 valence electrons. The van der Waals surface area contributed by atoms with E-state index in [2.05, 4.69) is 5.32 Å². The SMILES string of the molecule is O=C1CCc2cc(CC(O)C(=O)O)ccc2N1. The van der Waals surface area contributed by atoms with Crippen LogP contribution in [-0.2, 0) is 22.4 Å². The first-order valence-corrected chi connectivity index (χ1v) is 5.39. The lowest BCUT2D eigenvalue weighted by atomic mass is 9.98. The van der Waals surface area contributed by atoms with Crippen LogP contribution in [0.5, 0.6) is 0 Å². The third-order valence-corrected chi connectivity index (χ3v) is 2.78. The topological polar surface area (TPSA) is 86.6 Å². The lowest BCUT2D eigenvalue weighted by molar-refractivity contribution is -0.146. The second-order valence-electron chi connectivity index (χ2n) is 4.10. The molecular formula is C12H13NO4. The van der Waals surface area contributed by atoms with Gasteiger partial charge in [0.2, 0.25) is 5.91 Å². The Balaban J connectivity index is 2.16. The van der Waals surface area contributed by atoms with Crippen LogP contribution >= 0.6 is 0 Å². The van der Waals surface area contributed by atoms with E-state index in [1.807, 2.05) is 6.07 Å². The van der Waals surface area contributed by atoms with Gasteiger partial charge >= 0.3 is 5.97 Å². The van der Waals surface area contributed by atoms with E-state index in [0.717, 1.165) is 16.8 Å². The van der Waals surface area contributed by atoms with Crippen molar-refractivity contribution in [2.45, 2.75) is 25.4 Å². The summed E-state index contributed by atoms with van der Waals surface area (Å²) < 4.78 is 0. The molecule has 1 heterocycles. The molecule has 5 heteroatoms. The molecule has 0 bridgehead atoms. The predicted molar refractivity (Wildman–Crippen MR) is 60.7 cm³/mol. The summed E-state index contributed by atoms with van der Waals surface area (Å²) in [7, 11) is 0. The molecule has 1 amide bonds. The maximum Gasteiger partial charge on any atom is 0.332 e. The number of hydrogen-bond donors (Lipinski definition) is 3. The predicted octanol–water partition coefficient (Wildman–Crippen LogP) is 0.559. The number of hydrogen-bond acceptors (Lipinski definition) is 3. The number of anilines is 1. The Labute approximate surface area is 98.1 Å².